The summed E-state index contributed by atoms with van der Waals surface area (Å²) >= 11 is 0. The minimum Gasteiger partial charge on any atom is -0.365 e. The van der Waals surface area contributed by atoms with Gasteiger partial charge in [0.05, 0.1) is 15.8 Å². The topological polar surface area (TPSA) is 71.3 Å². The van der Waals surface area contributed by atoms with Crippen molar-refractivity contribution in [2.75, 3.05) is 24.5 Å². The Kier molecular flexibility index (Phi) is 4.27. The fourth-order valence-electron chi connectivity index (χ4n) is 2.97. The van der Waals surface area contributed by atoms with Crippen molar-refractivity contribution < 1.29 is 18.1 Å². The first-order chi connectivity index (χ1) is 11.4. The smallest absolute Gasteiger partial charge is 0.365 e. The lowest BCUT2D eigenvalue weighted by atomic mass is 10.1. The summed E-state index contributed by atoms with van der Waals surface area (Å²) in [5, 5.41) is 14.4. The number of anilines is 1. The van der Waals surface area contributed by atoms with Crippen LogP contribution in [0.1, 0.15) is 6.42 Å². The summed E-state index contributed by atoms with van der Waals surface area (Å²) in [6.07, 6.45) is -2.95. The van der Waals surface area contributed by atoms with Crippen LogP contribution in [0, 0.1) is 10.1 Å². The van der Waals surface area contributed by atoms with E-state index in [1.165, 1.54) is 6.20 Å². The van der Waals surface area contributed by atoms with Crippen LogP contribution in [0.3, 0.4) is 0 Å². The molecular weight excluding hydrogens is 325 g/mol. The van der Waals surface area contributed by atoms with Crippen LogP contribution < -0.4 is 10.2 Å². The van der Waals surface area contributed by atoms with Gasteiger partial charge in [0.2, 0.25) is 0 Å². The average molecular weight is 340 g/mol. The number of pyridine rings is 1. The number of hydrogen-bond donors (Lipinski definition) is 1. The first kappa shape index (κ1) is 16.4. The summed E-state index contributed by atoms with van der Waals surface area (Å²) in [6, 6.07) is 4.81. The standard InChI is InChI=1S/C15H15F3N4O2/c16-15(17,18)13-5-8-21(9-7-20-13)12-4-3-11-10(2-1-6-19-11)14(12)22(23)24/h1-4,6,13,20H,5,7-9H2. The third-order valence-corrected chi connectivity index (χ3v) is 4.11. The van der Waals surface area contributed by atoms with Crippen molar-refractivity contribution in [3.63, 3.8) is 0 Å². The van der Waals surface area contributed by atoms with Crippen LogP contribution in [-0.2, 0) is 0 Å². The quantitative estimate of drug-likeness (QED) is 0.672. The molecule has 2 heterocycles. The number of aromatic nitrogens is 1. The van der Waals surface area contributed by atoms with Gasteiger partial charge < -0.3 is 10.2 Å². The molecule has 1 unspecified atom stereocenters. The predicted octanol–water partition coefficient (Wildman–Crippen LogP) is 2.87. The molecule has 1 aliphatic heterocycles. The molecule has 2 aromatic rings. The Labute approximate surface area is 135 Å². The van der Waals surface area contributed by atoms with Crippen LogP contribution in [0.5, 0.6) is 0 Å². The molecule has 128 valence electrons. The van der Waals surface area contributed by atoms with Crippen LogP contribution in [0.4, 0.5) is 24.5 Å². The molecule has 0 aliphatic carbocycles. The van der Waals surface area contributed by atoms with Gasteiger partial charge in [-0.25, -0.2) is 0 Å². The Bertz CT molecular complexity index is 766. The van der Waals surface area contributed by atoms with E-state index in [0.717, 1.165) is 0 Å². The van der Waals surface area contributed by atoms with Crippen molar-refractivity contribution in [1.29, 1.82) is 0 Å². The second kappa shape index (κ2) is 6.23. The Morgan fingerprint density at radius 1 is 1.29 bits per heavy atom. The van der Waals surface area contributed by atoms with Crippen LogP contribution in [0.2, 0.25) is 0 Å². The zero-order valence-corrected chi connectivity index (χ0v) is 12.6. The molecule has 1 N–H and O–H groups in total. The van der Waals surface area contributed by atoms with E-state index in [1.807, 2.05) is 0 Å². The van der Waals surface area contributed by atoms with Gasteiger partial charge in [0.25, 0.3) is 0 Å². The number of nitro groups is 1. The first-order valence-electron chi connectivity index (χ1n) is 7.45. The number of hydrogen-bond acceptors (Lipinski definition) is 5. The minimum absolute atomic E-state index is 0.0871. The summed E-state index contributed by atoms with van der Waals surface area (Å²) in [7, 11) is 0. The first-order valence-corrected chi connectivity index (χ1v) is 7.45. The molecule has 1 aromatic heterocycles. The second-order valence-electron chi connectivity index (χ2n) is 5.58. The SMILES string of the molecule is O=[N+]([O-])c1c(N2CCNC(C(F)(F)F)CC2)ccc2ncccc12. The number of nitrogens with one attached hydrogen (secondary N) is 1. The molecule has 1 saturated heterocycles. The van der Waals surface area contributed by atoms with E-state index in [1.54, 1.807) is 29.2 Å². The van der Waals surface area contributed by atoms with Crippen molar-refractivity contribution in [2.45, 2.75) is 18.6 Å². The monoisotopic (exact) mass is 340 g/mol. The number of nitrogens with zero attached hydrogens (tertiary/aromatic N) is 3. The van der Waals surface area contributed by atoms with Gasteiger partial charge in [-0.1, -0.05) is 0 Å². The maximum atomic E-state index is 12.9. The van der Waals surface area contributed by atoms with E-state index < -0.39 is 17.1 Å². The van der Waals surface area contributed by atoms with Gasteiger partial charge in [-0.3, -0.25) is 15.1 Å². The highest BCUT2D eigenvalue weighted by atomic mass is 19.4. The van der Waals surface area contributed by atoms with E-state index in [2.05, 4.69) is 10.3 Å². The summed E-state index contributed by atoms with van der Waals surface area (Å²) in [6.45, 7) is 0.454. The fraction of sp³-hybridized carbons (Fsp3) is 0.400. The van der Waals surface area contributed by atoms with Crippen molar-refractivity contribution >= 4 is 22.3 Å². The van der Waals surface area contributed by atoms with Gasteiger partial charge in [-0.2, -0.15) is 13.2 Å². The lowest BCUT2D eigenvalue weighted by Gasteiger charge is -2.23. The van der Waals surface area contributed by atoms with E-state index in [0.29, 0.717) is 16.6 Å². The number of rotatable bonds is 2. The van der Waals surface area contributed by atoms with Crippen LogP contribution in [0.15, 0.2) is 30.5 Å². The van der Waals surface area contributed by atoms with E-state index in [9.17, 15) is 23.3 Å². The lowest BCUT2D eigenvalue weighted by Crippen LogP contribution is -2.42. The predicted molar refractivity (Wildman–Crippen MR) is 83.1 cm³/mol. The van der Waals surface area contributed by atoms with E-state index in [4.69, 9.17) is 0 Å². The molecule has 3 rings (SSSR count). The van der Waals surface area contributed by atoms with Gasteiger partial charge in [0, 0.05) is 25.8 Å². The number of nitro benzene ring substituents is 1. The highest BCUT2D eigenvalue weighted by Crippen LogP contribution is 2.36. The Morgan fingerprint density at radius 2 is 2.08 bits per heavy atom. The molecule has 1 aliphatic rings. The Balaban J connectivity index is 1.97. The third kappa shape index (κ3) is 3.12. The number of benzene rings is 1. The van der Waals surface area contributed by atoms with Gasteiger partial charge in [0.15, 0.2) is 0 Å². The second-order valence-corrected chi connectivity index (χ2v) is 5.58. The summed E-state index contributed by atoms with van der Waals surface area (Å²) in [5.41, 5.74) is 0.685. The van der Waals surface area contributed by atoms with Crippen molar-refractivity contribution in [1.82, 2.24) is 10.3 Å². The number of halogens is 3. The largest absolute Gasteiger partial charge is 0.403 e. The van der Waals surface area contributed by atoms with Crippen molar-refractivity contribution in [3.8, 4) is 0 Å². The Hall–Kier alpha value is -2.42. The molecule has 9 heteroatoms. The molecule has 1 aromatic carbocycles. The van der Waals surface area contributed by atoms with E-state index >= 15 is 0 Å². The molecule has 0 radical (unpaired) electrons. The maximum Gasteiger partial charge on any atom is 0.403 e. The molecule has 0 saturated carbocycles. The molecular formula is C15H15F3N4O2. The lowest BCUT2D eigenvalue weighted by molar-refractivity contribution is -0.382. The highest BCUT2D eigenvalue weighted by molar-refractivity contribution is 5.94. The summed E-state index contributed by atoms with van der Waals surface area (Å²) in [4.78, 5) is 16.8. The van der Waals surface area contributed by atoms with Gasteiger partial charge >= 0.3 is 11.9 Å². The molecule has 0 amide bonds. The molecule has 6 nitrogen and oxygen atoms in total. The maximum absolute atomic E-state index is 12.9. The number of alkyl halides is 3. The normalized spacial score (nSPS) is 19.3. The van der Waals surface area contributed by atoms with Gasteiger partial charge in [0.1, 0.15) is 11.7 Å². The molecule has 1 atom stereocenters. The Morgan fingerprint density at radius 3 is 2.79 bits per heavy atom. The zero-order chi connectivity index (χ0) is 17.3. The third-order valence-electron chi connectivity index (χ3n) is 4.11. The summed E-state index contributed by atoms with van der Waals surface area (Å²) < 4.78 is 38.6. The van der Waals surface area contributed by atoms with Crippen LogP contribution in [-0.4, -0.2) is 41.8 Å². The molecule has 24 heavy (non-hydrogen) atoms. The van der Waals surface area contributed by atoms with E-state index in [-0.39, 0.29) is 31.7 Å². The van der Waals surface area contributed by atoms with Crippen molar-refractivity contribution in [2.24, 2.45) is 0 Å². The highest BCUT2D eigenvalue weighted by Gasteiger charge is 2.40. The minimum atomic E-state index is -4.32. The van der Waals surface area contributed by atoms with Crippen LogP contribution in [0.25, 0.3) is 10.9 Å². The molecule has 0 bridgehead atoms. The van der Waals surface area contributed by atoms with Gasteiger partial charge in [-0.15, -0.1) is 0 Å². The average Bonchev–Trinajstić information content (AvgIpc) is 2.79. The zero-order valence-electron chi connectivity index (χ0n) is 12.6. The summed E-state index contributed by atoms with van der Waals surface area (Å²) in [5.74, 6) is 0. The molecule has 1 fully saturated rings. The molecule has 0 spiro atoms. The van der Waals surface area contributed by atoms with Gasteiger partial charge in [-0.05, 0) is 30.7 Å². The number of fused-ring (bicyclic) bond motifs is 1. The fourth-order valence-corrected chi connectivity index (χ4v) is 2.97. The van der Waals surface area contributed by atoms with Crippen LogP contribution >= 0.6 is 0 Å². The van der Waals surface area contributed by atoms with Crippen molar-refractivity contribution in [3.05, 3.63) is 40.6 Å².